The SMILES string of the molecule is c1ccc(-c2nnc(NCCN3CCOCC3)o2)cc1. The van der Waals surface area contributed by atoms with E-state index in [1.807, 2.05) is 30.3 Å². The highest BCUT2D eigenvalue weighted by Gasteiger charge is 2.11. The fourth-order valence-electron chi connectivity index (χ4n) is 2.14. The molecule has 106 valence electrons. The van der Waals surface area contributed by atoms with Gasteiger partial charge in [0.15, 0.2) is 0 Å². The molecule has 2 aromatic rings. The van der Waals surface area contributed by atoms with Gasteiger partial charge in [0.1, 0.15) is 0 Å². The highest BCUT2D eigenvalue weighted by Crippen LogP contribution is 2.18. The van der Waals surface area contributed by atoms with Gasteiger partial charge in [0, 0.05) is 31.7 Å². The Morgan fingerprint density at radius 2 is 1.90 bits per heavy atom. The van der Waals surface area contributed by atoms with Gasteiger partial charge in [-0.05, 0) is 12.1 Å². The Hall–Kier alpha value is -1.92. The summed E-state index contributed by atoms with van der Waals surface area (Å²) in [6.45, 7) is 5.35. The predicted octanol–water partition coefficient (Wildman–Crippen LogP) is 1.48. The Morgan fingerprint density at radius 1 is 1.10 bits per heavy atom. The zero-order valence-corrected chi connectivity index (χ0v) is 11.3. The van der Waals surface area contributed by atoms with Crippen LogP contribution in [0.25, 0.3) is 11.5 Å². The summed E-state index contributed by atoms with van der Waals surface area (Å²) in [6.07, 6.45) is 0. The second-order valence-corrected chi connectivity index (χ2v) is 4.66. The molecule has 1 saturated heterocycles. The lowest BCUT2D eigenvalue weighted by molar-refractivity contribution is 0.0398. The minimum atomic E-state index is 0.470. The maximum absolute atomic E-state index is 5.58. The van der Waals surface area contributed by atoms with Gasteiger partial charge in [0.25, 0.3) is 0 Å². The van der Waals surface area contributed by atoms with Crippen molar-refractivity contribution in [3.05, 3.63) is 30.3 Å². The summed E-state index contributed by atoms with van der Waals surface area (Å²) < 4.78 is 10.9. The number of anilines is 1. The van der Waals surface area contributed by atoms with Crippen LogP contribution in [0.4, 0.5) is 6.01 Å². The van der Waals surface area contributed by atoms with Gasteiger partial charge in [-0.25, -0.2) is 0 Å². The number of morpholine rings is 1. The van der Waals surface area contributed by atoms with Crippen molar-refractivity contribution in [1.82, 2.24) is 15.1 Å². The molecule has 1 aromatic carbocycles. The summed E-state index contributed by atoms with van der Waals surface area (Å²) in [7, 11) is 0. The fourth-order valence-corrected chi connectivity index (χ4v) is 2.14. The van der Waals surface area contributed by atoms with Gasteiger partial charge in [0.2, 0.25) is 5.89 Å². The van der Waals surface area contributed by atoms with E-state index in [-0.39, 0.29) is 0 Å². The molecular weight excluding hydrogens is 256 g/mol. The average Bonchev–Trinajstić information content (AvgIpc) is 2.98. The monoisotopic (exact) mass is 274 g/mol. The van der Waals surface area contributed by atoms with Crippen LogP contribution in [-0.2, 0) is 4.74 Å². The van der Waals surface area contributed by atoms with E-state index in [1.165, 1.54) is 0 Å². The molecule has 0 radical (unpaired) electrons. The van der Waals surface area contributed by atoms with Gasteiger partial charge >= 0.3 is 6.01 Å². The zero-order chi connectivity index (χ0) is 13.6. The Morgan fingerprint density at radius 3 is 2.70 bits per heavy atom. The van der Waals surface area contributed by atoms with Crippen LogP contribution in [0, 0.1) is 0 Å². The molecule has 0 saturated carbocycles. The summed E-state index contributed by atoms with van der Waals surface area (Å²) >= 11 is 0. The number of benzene rings is 1. The molecule has 6 nitrogen and oxygen atoms in total. The number of hydrogen-bond acceptors (Lipinski definition) is 6. The Bertz CT molecular complexity index is 523. The molecule has 20 heavy (non-hydrogen) atoms. The van der Waals surface area contributed by atoms with E-state index in [4.69, 9.17) is 9.15 Å². The molecule has 0 bridgehead atoms. The maximum atomic E-state index is 5.58. The Labute approximate surface area is 117 Å². The molecule has 0 aliphatic carbocycles. The van der Waals surface area contributed by atoms with Crippen LogP contribution in [0.1, 0.15) is 0 Å². The van der Waals surface area contributed by atoms with E-state index in [2.05, 4.69) is 20.4 Å². The normalized spacial score (nSPS) is 16.2. The van der Waals surface area contributed by atoms with E-state index in [9.17, 15) is 0 Å². The molecule has 3 rings (SSSR count). The van der Waals surface area contributed by atoms with Crippen molar-refractivity contribution in [3.8, 4) is 11.5 Å². The van der Waals surface area contributed by atoms with Crippen LogP contribution in [0.15, 0.2) is 34.7 Å². The molecule has 0 unspecified atom stereocenters. The molecule has 0 amide bonds. The highest BCUT2D eigenvalue weighted by molar-refractivity contribution is 5.52. The molecule has 0 atom stereocenters. The third kappa shape index (κ3) is 3.34. The molecular formula is C14H18N4O2. The van der Waals surface area contributed by atoms with E-state index in [0.717, 1.165) is 45.0 Å². The minimum Gasteiger partial charge on any atom is -0.403 e. The van der Waals surface area contributed by atoms with Gasteiger partial charge in [-0.2, -0.15) is 0 Å². The summed E-state index contributed by atoms with van der Waals surface area (Å²) in [5.74, 6) is 0.541. The van der Waals surface area contributed by atoms with Crippen LogP contribution >= 0.6 is 0 Å². The van der Waals surface area contributed by atoms with E-state index >= 15 is 0 Å². The molecule has 1 N–H and O–H groups in total. The van der Waals surface area contributed by atoms with Crippen LogP contribution in [-0.4, -0.2) is 54.5 Å². The lowest BCUT2D eigenvalue weighted by Crippen LogP contribution is -2.39. The molecule has 1 aromatic heterocycles. The predicted molar refractivity (Wildman–Crippen MR) is 75.5 cm³/mol. The van der Waals surface area contributed by atoms with Crippen molar-refractivity contribution in [2.24, 2.45) is 0 Å². The standard InChI is InChI=1S/C14H18N4O2/c1-2-4-12(5-3-1)13-16-17-14(20-13)15-6-7-18-8-10-19-11-9-18/h1-5H,6-11H2,(H,15,17). The smallest absolute Gasteiger partial charge is 0.315 e. The number of aromatic nitrogens is 2. The van der Waals surface area contributed by atoms with Crippen molar-refractivity contribution in [3.63, 3.8) is 0 Å². The zero-order valence-electron chi connectivity index (χ0n) is 11.3. The van der Waals surface area contributed by atoms with Gasteiger partial charge in [-0.15, -0.1) is 5.10 Å². The number of hydrogen-bond donors (Lipinski definition) is 1. The first-order valence-corrected chi connectivity index (χ1v) is 6.85. The molecule has 1 aliphatic heterocycles. The summed E-state index contributed by atoms with van der Waals surface area (Å²) in [4.78, 5) is 2.35. The number of nitrogens with zero attached hydrogens (tertiary/aromatic N) is 3. The average molecular weight is 274 g/mol. The topological polar surface area (TPSA) is 63.4 Å². The van der Waals surface area contributed by atoms with Crippen molar-refractivity contribution in [2.75, 3.05) is 44.7 Å². The molecule has 1 aliphatic rings. The van der Waals surface area contributed by atoms with Crippen LogP contribution in [0.3, 0.4) is 0 Å². The molecule has 2 heterocycles. The summed E-state index contributed by atoms with van der Waals surface area (Å²) in [5, 5.41) is 11.2. The number of ether oxygens (including phenoxy) is 1. The van der Waals surface area contributed by atoms with Gasteiger partial charge in [-0.3, -0.25) is 4.90 Å². The second kappa shape index (κ2) is 6.49. The third-order valence-corrected chi connectivity index (χ3v) is 3.25. The summed E-state index contributed by atoms with van der Waals surface area (Å²) in [5.41, 5.74) is 0.932. The highest BCUT2D eigenvalue weighted by atomic mass is 16.5. The summed E-state index contributed by atoms with van der Waals surface area (Å²) in [6, 6.07) is 10.2. The molecule has 1 fully saturated rings. The Balaban J connectivity index is 1.50. The fraction of sp³-hybridized carbons (Fsp3) is 0.429. The van der Waals surface area contributed by atoms with Gasteiger partial charge in [0.05, 0.1) is 13.2 Å². The van der Waals surface area contributed by atoms with Crippen molar-refractivity contribution < 1.29 is 9.15 Å². The van der Waals surface area contributed by atoms with Crippen LogP contribution in [0.2, 0.25) is 0 Å². The van der Waals surface area contributed by atoms with Crippen molar-refractivity contribution >= 4 is 6.01 Å². The van der Waals surface area contributed by atoms with Crippen molar-refractivity contribution in [1.29, 1.82) is 0 Å². The first kappa shape index (κ1) is 13.1. The third-order valence-electron chi connectivity index (χ3n) is 3.25. The van der Waals surface area contributed by atoms with Crippen LogP contribution in [0.5, 0.6) is 0 Å². The van der Waals surface area contributed by atoms with Crippen molar-refractivity contribution in [2.45, 2.75) is 0 Å². The Kier molecular flexibility index (Phi) is 4.25. The van der Waals surface area contributed by atoms with Gasteiger partial charge < -0.3 is 14.5 Å². The van der Waals surface area contributed by atoms with E-state index in [1.54, 1.807) is 0 Å². The first-order valence-electron chi connectivity index (χ1n) is 6.85. The first-order chi connectivity index (χ1) is 9.92. The maximum Gasteiger partial charge on any atom is 0.315 e. The quantitative estimate of drug-likeness (QED) is 0.891. The molecule has 6 heteroatoms. The number of rotatable bonds is 5. The van der Waals surface area contributed by atoms with E-state index in [0.29, 0.717) is 11.9 Å². The minimum absolute atomic E-state index is 0.470. The van der Waals surface area contributed by atoms with E-state index < -0.39 is 0 Å². The second-order valence-electron chi connectivity index (χ2n) is 4.66. The molecule has 0 spiro atoms. The van der Waals surface area contributed by atoms with Gasteiger partial charge in [-0.1, -0.05) is 23.3 Å². The lowest BCUT2D eigenvalue weighted by Gasteiger charge is -2.26. The lowest BCUT2D eigenvalue weighted by atomic mass is 10.2. The largest absolute Gasteiger partial charge is 0.403 e. The number of nitrogens with one attached hydrogen (secondary N) is 1. The van der Waals surface area contributed by atoms with Crippen LogP contribution < -0.4 is 5.32 Å².